The number of hydrogen-bond donors (Lipinski definition) is 2. The third kappa shape index (κ3) is 6.43. The number of nitrogens with one attached hydrogen (secondary N) is 2. The van der Waals surface area contributed by atoms with Crippen molar-refractivity contribution in [1.29, 1.82) is 0 Å². The highest BCUT2D eigenvalue weighted by molar-refractivity contribution is 7.19. The largest absolute Gasteiger partial charge is 0.494 e. The average molecular weight is 504 g/mol. The van der Waals surface area contributed by atoms with E-state index in [1.54, 1.807) is 25.4 Å². The summed E-state index contributed by atoms with van der Waals surface area (Å²) < 4.78 is 10.9. The molecule has 1 amide bonds. The molecule has 3 heterocycles. The summed E-state index contributed by atoms with van der Waals surface area (Å²) in [6.45, 7) is 9.37. The number of halogens is 1. The molecule has 10 heteroatoms. The first-order valence-electron chi connectivity index (χ1n) is 11.1. The Bertz CT molecular complexity index is 1120. The molecule has 1 aliphatic heterocycles. The standard InChI is InChI=1S/C24H30ClN5O3S/c1-6-14(3)15(4)10-18(19-11-21(25)26-12-20(19)32-5)17(7-2)22(31)28-24-30-29-23(34-24)27-16-8-9-33-13-16/h7,10-12,16H,6,8-9,13H2,1-5H3,(H,27,29)(H,28,30,31)/b15-14-,17-7+,18-10+/t16-/m0/s1. The molecule has 0 bridgehead atoms. The number of hydrogen-bond acceptors (Lipinski definition) is 8. The molecule has 8 nitrogen and oxygen atoms in total. The lowest BCUT2D eigenvalue weighted by Gasteiger charge is -2.16. The summed E-state index contributed by atoms with van der Waals surface area (Å²) in [5.74, 6) is 0.212. The van der Waals surface area contributed by atoms with Crippen LogP contribution in [0.5, 0.6) is 5.75 Å². The first kappa shape index (κ1) is 25.9. The number of methoxy groups -OCH3 is 1. The van der Waals surface area contributed by atoms with E-state index in [1.165, 1.54) is 16.9 Å². The summed E-state index contributed by atoms with van der Waals surface area (Å²) in [7, 11) is 1.56. The van der Waals surface area contributed by atoms with Crippen LogP contribution in [0.1, 0.15) is 46.1 Å². The van der Waals surface area contributed by atoms with Crippen LogP contribution in [-0.2, 0) is 9.53 Å². The molecule has 0 aromatic carbocycles. The van der Waals surface area contributed by atoms with Gasteiger partial charge in [-0.1, -0.05) is 53.2 Å². The van der Waals surface area contributed by atoms with E-state index in [0.717, 1.165) is 25.0 Å². The van der Waals surface area contributed by atoms with Crippen LogP contribution in [0.4, 0.5) is 10.3 Å². The number of ether oxygens (including phenoxy) is 2. The summed E-state index contributed by atoms with van der Waals surface area (Å²) >= 11 is 7.50. The molecule has 0 unspecified atom stereocenters. The van der Waals surface area contributed by atoms with Gasteiger partial charge in [0.2, 0.25) is 10.3 Å². The second-order valence-electron chi connectivity index (χ2n) is 7.86. The fourth-order valence-corrected chi connectivity index (χ4v) is 4.31. The number of rotatable bonds is 9. The number of pyridine rings is 1. The fraction of sp³-hybridized carbons (Fsp3) is 0.417. The Kier molecular flexibility index (Phi) is 9.20. The molecule has 1 atom stereocenters. The third-order valence-corrected chi connectivity index (χ3v) is 6.61. The summed E-state index contributed by atoms with van der Waals surface area (Å²) in [5.41, 5.74) is 4.08. The van der Waals surface area contributed by atoms with Gasteiger partial charge in [-0.05, 0) is 45.3 Å². The molecule has 2 aromatic rings. The minimum absolute atomic E-state index is 0.206. The van der Waals surface area contributed by atoms with Gasteiger partial charge in [0.1, 0.15) is 10.9 Å². The van der Waals surface area contributed by atoms with E-state index in [0.29, 0.717) is 44.5 Å². The van der Waals surface area contributed by atoms with Gasteiger partial charge in [-0.3, -0.25) is 10.1 Å². The number of anilines is 2. The Morgan fingerprint density at radius 3 is 2.76 bits per heavy atom. The number of aromatic nitrogens is 3. The summed E-state index contributed by atoms with van der Waals surface area (Å²) in [6, 6.07) is 1.91. The highest BCUT2D eigenvalue weighted by Crippen LogP contribution is 2.35. The van der Waals surface area contributed by atoms with Gasteiger partial charge >= 0.3 is 0 Å². The van der Waals surface area contributed by atoms with Crippen LogP contribution < -0.4 is 15.4 Å². The van der Waals surface area contributed by atoms with E-state index in [4.69, 9.17) is 21.1 Å². The number of carbonyl (C=O) groups excluding carboxylic acids is 1. The lowest BCUT2D eigenvalue weighted by Crippen LogP contribution is -2.18. The summed E-state index contributed by atoms with van der Waals surface area (Å²) in [5, 5.41) is 15.8. The van der Waals surface area contributed by atoms with Crippen molar-refractivity contribution in [2.75, 3.05) is 31.0 Å². The molecule has 0 saturated carbocycles. The second-order valence-corrected chi connectivity index (χ2v) is 9.22. The Balaban J connectivity index is 1.93. The van der Waals surface area contributed by atoms with Gasteiger partial charge in [-0.15, -0.1) is 10.2 Å². The first-order valence-corrected chi connectivity index (χ1v) is 12.3. The van der Waals surface area contributed by atoms with Crippen LogP contribution in [0.3, 0.4) is 0 Å². The van der Waals surface area contributed by atoms with Crippen LogP contribution in [0.25, 0.3) is 5.57 Å². The molecular weight excluding hydrogens is 474 g/mol. The fourth-order valence-electron chi connectivity index (χ4n) is 3.44. The first-order chi connectivity index (χ1) is 16.4. The molecule has 3 rings (SSSR count). The molecule has 1 fully saturated rings. The topological polar surface area (TPSA) is 98.3 Å². The highest BCUT2D eigenvalue weighted by atomic mass is 35.5. The van der Waals surface area contributed by atoms with E-state index >= 15 is 0 Å². The van der Waals surface area contributed by atoms with E-state index in [-0.39, 0.29) is 11.9 Å². The minimum Gasteiger partial charge on any atom is -0.494 e. The van der Waals surface area contributed by atoms with Crippen LogP contribution in [0, 0.1) is 0 Å². The molecule has 0 aliphatic carbocycles. The van der Waals surface area contributed by atoms with E-state index in [9.17, 15) is 4.79 Å². The van der Waals surface area contributed by atoms with Gasteiger partial charge in [-0.25, -0.2) is 4.98 Å². The molecular formula is C24H30ClN5O3S. The van der Waals surface area contributed by atoms with Crippen LogP contribution >= 0.6 is 22.9 Å². The zero-order valence-electron chi connectivity index (χ0n) is 20.1. The normalized spacial score (nSPS) is 17.4. The van der Waals surface area contributed by atoms with Gasteiger partial charge in [0, 0.05) is 17.7 Å². The van der Waals surface area contributed by atoms with E-state index < -0.39 is 0 Å². The monoisotopic (exact) mass is 503 g/mol. The second kappa shape index (κ2) is 12.1. The summed E-state index contributed by atoms with van der Waals surface area (Å²) in [4.78, 5) is 17.5. The molecule has 1 saturated heterocycles. The zero-order chi connectivity index (χ0) is 24.7. The lowest BCUT2D eigenvalue weighted by atomic mass is 9.93. The van der Waals surface area contributed by atoms with Gasteiger partial charge in [0.25, 0.3) is 5.91 Å². The van der Waals surface area contributed by atoms with E-state index in [1.807, 2.05) is 19.9 Å². The van der Waals surface area contributed by atoms with Crippen molar-refractivity contribution in [2.45, 2.75) is 46.6 Å². The maximum Gasteiger partial charge on any atom is 0.257 e. The Labute approximate surface area is 209 Å². The maximum absolute atomic E-state index is 13.4. The van der Waals surface area contributed by atoms with Crippen molar-refractivity contribution in [1.82, 2.24) is 15.2 Å². The molecule has 2 N–H and O–H groups in total. The summed E-state index contributed by atoms with van der Waals surface area (Å²) in [6.07, 6.45) is 7.11. The zero-order valence-corrected chi connectivity index (χ0v) is 21.6. The van der Waals surface area contributed by atoms with Crippen molar-refractivity contribution < 1.29 is 14.3 Å². The highest BCUT2D eigenvalue weighted by Gasteiger charge is 2.22. The number of allylic oxidation sites excluding steroid dienone is 4. The van der Waals surface area contributed by atoms with Crippen LogP contribution in [0.15, 0.2) is 41.1 Å². The lowest BCUT2D eigenvalue weighted by molar-refractivity contribution is -0.112. The molecule has 2 aromatic heterocycles. The van der Waals surface area contributed by atoms with Gasteiger partial charge < -0.3 is 14.8 Å². The van der Waals surface area contributed by atoms with Gasteiger partial charge in [0.15, 0.2) is 0 Å². The number of nitrogens with zero attached hydrogens (tertiary/aromatic N) is 3. The molecule has 182 valence electrons. The smallest absolute Gasteiger partial charge is 0.257 e. The Morgan fingerprint density at radius 2 is 2.12 bits per heavy atom. The Morgan fingerprint density at radius 1 is 1.35 bits per heavy atom. The van der Waals surface area contributed by atoms with Crippen LogP contribution in [0.2, 0.25) is 5.15 Å². The molecule has 1 aliphatic rings. The third-order valence-electron chi connectivity index (χ3n) is 5.63. The van der Waals surface area contributed by atoms with Crippen molar-refractivity contribution in [3.8, 4) is 5.75 Å². The predicted octanol–water partition coefficient (Wildman–Crippen LogP) is 5.51. The van der Waals surface area contributed by atoms with E-state index in [2.05, 4.69) is 39.7 Å². The molecule has 0 spiro atoms. The average Bonchev–Trinajstić information content (AvgIpc) is 3.50. The quantitative estimate of drug-likeness (QED) is 0.264. The van der Waals surface area contributed by atoms with Gasteiger partial charge in [0.05, 0.1) is 26.0 Å². The Hall–Kier alpha value is -2.75. The van der Waals surface area contributed by atoms with Crippen molar-refractivity contribution >= 4 is 44.7 Å². The predicted molar refractivity (Wildman–Crippen MR) is 138 cm³/mol. The maximum atomic E-state index is 13.4. The number of carbonyl (C=O) groups is 1. The van der Waals surface area contributed by atoms with Gasteiger partial charge in [-0.2, -0.15) is 0 Å². The van der Waals surface area contributed by atoms with Crippen LogP contribution in [-0.4, -0.2) is 47.5 Å². The SMILES string of the molecule is C\C=C(C(=O)Nc1nnc(N[C@H]2CCOC2)s1)/C(=C\C(C)=C(\C)CC)c1cc(Cl)ncc1OC. The number of amides is 1. The molecule has 0 radical (unpaired) electrons. The minimum atomic E-state index is -0.308. The molecule has 34 heavy (non-hydrogen) atoms. The van der Waals surface area contributed by atoms with Crippen molar-refractivity contribution in [3.05, 3.63) is 51.9 Å². The van der Waals surface area contributed by atoms with Crippen molar-refractivity contribution in [3.63, 3.8) is 0 Å². The van der Waals surface area contributed by atoms with Crippen molar-refractivity contribution in [2.24, 2.45) is 0 Å².